The van der Waals surface area contributed by atoms with E-state index in [2.05, 4.69) is 0 Å². The minimum atomic E-state index is -4.31. The van der Waals surface area contributed by atoms with Crippen molar-refractivity contribution in [3.05, 3.63) is 35.4 Å². The monoisotopic (exact) mass is 259 g/mol. The molecule has 0 aliphatic heterocycles. The fourth-order valence-corrected chi connectivity index (χ4v) is 2.20. The molecule has 0 bridgehead atoms. The summed E-state index contributed by atoms with van der Waals surface area (Å²) in [6, 6.07) is 5.23. The molecule has 2 rings (SSSR count). The van der Waals surface area contributed by atoms with Crippen LogP contribution in [0.3, 0.4) is 0 Å². The molecule has 0 amide bonds. The Bertz CT molecular complexity index is 405. The largest absolute Gasteiger partial charge is 0.416 e. The molecule has 2 N–H and O–H groups in total. The van der Waals surface area contributed by atoms with Crippen LogP contribution < -0.4 is 5.73 Å². The molecule has 2 atom stereocenters. The summed E-state index contributed by atoms with van der Waals surface area (Å²) in [5.74, 6) is 0. The Hall–Kier alpha value is -1.07. The highest BCUT2D eigenvalue weighted by atomic mass is 19.4. The molecule has 0 radical (unpaired) electrons. The zero-order chi connectivity index (χ0) is 13.2. The molecule has 5 heteroatoms. The lowest BCUT2D eigenvalue weighted by Gasteiger charge is -2.17. The fraction of sp³-hybridized carbons (Fsp3) is 0.538. The van der Waals surface area contributed by atoms with Crippen LogP contribution in [0, 0.1) is 0 Å². The molecule has 1 aliphatic rings. The maximum absolute atomic E-state index is 12.5. The second-order valence-electron chi connectivity index (χ2n) is 4.64. The first-order chi connectivity index (χ1) is 8.47. The first-order valence-corrected chi connectivity index (χ1v) is 6.00. The number of ether oxygens (including phenoxy) is 1. The van der Waals surface area contributed by atoms with E-state index in [9.17, 15) is 13.2 Å². The van der Waals surface area contributed by atoms with E-state index < -0.39 is 11.7 Å². The molecule has 2 nitrogen and oxygen atoms in total. The molecule has 0 aromatic heterocycles. The topological polar surface area (TPSA) is 35.2 Å². The Labute approximate surface area is 104 Å². The molecular formula is C13H16F3NO. The van der Waals surface area contributed by atoms with Crippen molar-refractivity contribution in [1.82, 2.24) is 0 Å². The Morgan fingerprint density at radius 3 is 2.67 bits per heavy atom. The molecule has 0 saturated heterocycles. The van der Waals surface area contributed by atoms with Gasteiger partial charge in [0.05, 0.1) is 18.3 Å². The Balaban J connectivity index is 1.97. The van der Waals surface area contributed by atoms with Crippen molar-refractivity contribution >= 4 is 0 Å². The molecule has 18 heavy (non-hydrogen) atoms. The number of hydrogen-bond donors (Lipinski definition) is 1. The molecular weight excluding hydrogens is 243 g/mol. The van der Waals surface area contributed by atoms with Gasteiger partial charge >= 0.3 is 6.18 Å². The summed E-state index contributed by atoms with van der Waals surface area (Å²) < 4.78 is 43.1. The van der Waals surface area contributed by atoms with Crippen LogP contribution in [0.15, 0.2) is 24.3 Å². The SMILES string of the molecule is NC1CCCC1OCc1cccc(C(F)(F)F)c1. The number of halogens is 3. The lowest BCUT2D eigenvalue weighted by atomic mass is 10.1. The zero-order valence-corrected chi connectivity index (χ0v) is 9.91. The van der Waals surface area contributed by atoms with Crippen molar-refractivity contribution in [3.63, 3.8) is 0 Å². The van der Waals surface area contributed by atoms with Gasteiger partial charge in [0.2, 0.25) is 0 Å². The second-order valence-corrected chi connectivity index (χ2v) is 4.64. The number of hydrogen-bond acceptors (Lipinski definition) is 2. The van der Waals surface area contributed by atoms with Gasteiger partial charge in [-0.3, -0.25) is 0 Å². The lowest BCUT2D eigenvalue weighted by molar-refractivity contribution is -0.137. The third-order valence-electron chi connectivity index (χ3n) is 3.22. The van der Waals surface area contributed by atoms with Crippen molar-refractivity contribution in [2.75, 3.05) is 0 Å². The summed E-state index contributed by atoms with van der Waals surface area (Å²) in [7, 11) is 0. The number of rotatable bonds is 3. The molecule has 0 heterocycles. The number of benzene rings is 1. The maximum Gasteiger partial charge on any atom is 0.416 e. The van der Waals surface area contributed by atoms with Crippen LogP contribution in [0.4, 0.5) is 13.2 Å². The van der Waals surface area contributed by atoms with E-state index in [1.807, 2.05) is 0 Å². The highest BCUT2D eigenvalue weighted by molar-refractivity contribution is 5.25. The van der Waals surface area contributed by atoms with E-state index in [0.29, 0.717) is 5.56 Å². The van der Waals surface area contributed by atoms with Crippen LogP contribution in [0.2, 0.25) is 0 Å². The first kappa shape index (κ1) is 13.4. The summed E-state index contributed by atoms with van der Waals surface area (Å²) in [5.41, 5.74) is 5.73. The van der Waals surface area contributed by atoms with Crippen LogP contribution in [-0.2, 0) is 17.5 Å². The van der Waals surface area contributed by atoms with Crippen molar-refractivity contribution in [2.24, 2.45) is 5.73 Å². The molecule has 0 spiro atoms. The Morgan fingerprint density at radius 2 is 2.06 bits per heavy atom. The zero-order valence-electron chi connectivity index (χ0n) is 9.91. The summed E-state index contributed by atoms with van der Waals surface area (Å²) in [6.07, 6.45) is -1.50. The fourth-order valence-electron chi connectivity index (χ4n) is 2.20. The lowest BCUT2D eigenvalue weighted by Crippen LogP contribution is -2.31. The average Bonchev–Trinajstić information content (AvgIpc) is 2.72. The quantitative estimate of drug-likeness (QED) is 0.905. The first-order valence-electron chi connectivity index (χ1n) is 6.00. The summed E-state index contributed by atoms with van der Waals surface area (Å²) >= 11 is 0. The van der Waals surface area contributed by atoms with Gasteiger partial charge in [0, 0.05) is 6.04 Å². The predicted octanol–water partition coefficient (Wildman–Crippen LogP) is 3.10. The third kappa shape index (κ3) is 3.23. The molecule has 1 aromatic carbocycles. The van der Waals surface area contributed by atoms with E-state index in [1.54, 1.807) is 6.07 Å². The maximum atomic E-state index is 12.5. The van der Waals surface area contributed by atoms with Crippen LogP contribution in [0.5, 0.6) is 0 Å². The minimum absolute atomic E-state index is 0.01000. The van der Waals surface area contributed by atoms with Crippen LogP contribution in [0.25, 0.3) is 0 Å². The highest BCUT2D eigenvalue weighted by Crippen LogP contribution is 2.30. The van der Waals surface area contributed by atoms with Gasteiger partial charge < -0.3 is 10.5 Å². The van der Waals surface area contributed by atoms with E-state index in [1.165, 1.54) is 6.07 Å². The van der Waals surface area contributed by atoms with Crippen LogP contribution in [0.1, 0.15) is 30.4 Å². The minimum Gasteiger partial charge on any atom is -0.372 e. The molecule has 1 saturated carbocycles. The van der Waals surface area contributed by atoms with Gasteiger partial charge in [-0.2, -0.15) is 13.2 Å². The van der Waals surface area contributed by atoms with E-state index in [-0.39, 0.29) is 18.8 Å². The standard InChI is InChI=1S/C13H16F3NO/c14-13(15,16)10-4-1-3-9(7-10)8-18-12-6-2-5-11(12)17/h1,3-4,7,11-12H,2,5-6,8,17H2. The predicted molar refractivity (Wildman–Crippen MR) is 61.8 cm³/mol. The Kier molecular flexibility index (Phi) is 3.92. The highest BCUT2D eigenvalue weighted by Gasteiger charge is 2.30. The normalized spacial score (nSPS) is 24.4. The van der Waals surface area contributed by atoms with Crippen molar-refractivity contribution in [1.29, 1.82) is 0 Å². The third-order valence-corrected chi connectivity index (χ3v) is 3.22. The van der Waals surface area contributed by atoms with Crippen molar-refractivity contribution < 1.29 is 17.9 Å². The Morgan fingerprint density at radius 1 is 1.28 bits per heavy atom. The molecule has 2 unspecified atom stereocenters. The van der Waals surface area contributed by atoms with Crippen LogP contribution in [-0.4, -0.2) is 12.1 Å². The van der Waals surface area contributed by atoms with Gasteiger partial charge in [0.15, 0.2) is 0 Å². The molecule has 1 aromatic rings. The van der Waals surface area contributed by atoms with E-state index in [0.717, 1.165) is 31.4 Å². The second kappa shape index (κ2) is 5.28. The van der Waals surface area contributed by atoms with Crippen molar-refractivity contribution in [3.8, 4) is 0 Å². The number of alkyl halides is 3. The van der Waals surface area contributed by atoms with E-state index >= 15 is 0 Å². The van der Waals surface area contributed by atoms with Gasteiger partial charge in [0.1, 0.15) is 0 Å². The van der Waals surface area contributed by atoms with Crippen molar-refractivity contribution in [2.45, 2.75) is 44.2 Å². The van der Waals surface area contributed by atoms with Gasteiger partial charge in [-0.1, -0.05) is 12.1 Å². The average molecular weight is 259 g/mol. The summed E-state index contributed by atoms with van der Waals surface area (Å²) in [5, 5.41) is 0. The summed E-state index contributed by atoms with van der Waals surface area (Å²) in [6.45, 7) is 0.183. The molecule has 100 valence electrons. The van der Waals surface area contributed by atoms with Gasteiger partial charge in [-0.25, -0.2) is 0 Å². The van der Waals surface area contributed by atoms with Gasteiger partial charge in [0.25, 0.3) is 0 Å². The number of nitrogens with two attached hydrogens (primary N) is 1. The van der Waals surface area contributed by atoms with Gasteiger partial charge in [-0.15, -0.1) is 0 Å². The molecule has 1 fully saturated rings. The van der Waals surface area contributed by atoms with Crippen LogP contribution >= 0.6 is 0 Å². The smallest absolute Gasteiger partial charge is 0.372 e. The van der Waals surface area contributed by atoms with E-state index in [4.69, 9.17) is 10.5 Å². The molecule has 1 aliphatic carbocycles. The summed E-state index contributed by atoms with van der Waals surface area (Å²) in [4.78, 5) is 0. The van der Waals surface area contributed by atoms with Gasteiger partial charge in [-0.05, 0) is 37.0 Å².